The van der Waals surface area contributed by atoms with Crippen LogP contribution >= 0.6 is 0 Å². The monoisotopic (exact) mass is 234 g/mol. The van der Waals surface area contributed by atoms with Crippen LogP contribution in [0.1, 0.15) is 27.2 Å². The molecule has 0 saturated carbocycles. The molecule has 0 rings (SSSR count). The van der Waals surface area contributed by atoms with Crippen LogP contribution in [0.3, 0.4) is 0 Å². The van der Waals surface area contributed by atoms with Gasteiger partial charge in [0, 0.05) is 0 Å². The Balaban J connectivity index is -0.000000605. The Labute approximate surface area is 149 Å². The number of carboxylic acids is 2. The third-order valence-electron chi connectivity index (χ3n) is 2.27. The van der Waals surface area contributed by atoms with Crippen LogP contribution in [-0.4, -0.2) is 11.9 Å². The molecule has 0 aromatic heterocycles. The van der Waals surface area contributed by atoms with Crippen LogP contribution in [0.25, 0.3) is 0 Å². The molecule has 0 N–H and O–H groups in total. The van der Waals surface area contributed by atoms with E-state index in [1.165, 1.54) is 20.8 Å². The van der Waals surface area contributed by atoms with Gasteiger partial charge in [-0.15, -0.1) is 0 Å². The summed E-state index contributed by atoms with van der Waals surface area (Å²) < 4.78 is 0. The Hall–Kier alpha value is 1.58. The molecule has 0 aliphatic heterocycles. The van der Waals surface area contributed by atoms with Crippen LogP contribution in [0.5, 0.6) is 0 Å². The van der Waals surface area contributed by atoms with Gasteiger partial charge in [0.2, 0.25) is 0 Å². The number of carboxylic acid groups (broad SMARTS) is 2. The van der Waals surface area contributed by atoms with Gasteiger partial charge >= 0.3 is 80.9 Å². The van der Waals surface area contributed by atoms with Gasteiger partial charge in [-0.3, -0.25) is 0 Å². The summed E-state index contributed by atoms with van der Waals surface area (Å²) >= 11 is 0. The fourth-order valence-corrected chi connectivity index (χ4v) is 1.25. The second kappa shape index (κ2) is 8.70. The Bertz CT molecular complexity index is 192. The fraction of sp³-hybridized carbons (Fsp3) is 0.750. The van der Waals surface area contributed by atoms with Gasteiger partial charge in [-0.2, -0.15) is 0 Å². The molecule has 0 bridgehead atoms. The van der Waals surface area contributed by atoms with Crippen molar-refractivity contribution in [2.45, 2.75) is 27.2 Å². The SMILES string of the molecule is CCC(C(=O)[O-])(C(=O)[O-])C(C)C.[K+].[Na+]. The molecule has 0 heterocycles. The zero-order valence-electron chi connectivity index (χ0n) is 9.42. The van der Waals surface area contributed by atoms with Crippen molar-refractivity contribution in [1.29, 1.82) is 0 Å². The summed E-state index contributed by atoms with van der Waals surface area (Å²) in [4.78, 5) is 21.2. The molecule has 0 fully saturated rings. The summed E-state index contributed by atoms with van der Waals surface area (Å²) in [7, 11) is 0. The maximum Gasteiger partial charge on any atom is 1.00 e. The van der Waals surface area contributed by atoms with Crippen molar-refractivity contribution < 1.29 is 101 Å². The maximum absolute atomic E-state index is 10.6. The average Bonchev–Trinajstić information content (AvgIpc) is 1.86. The van der Waals surface area contributed by atoms with Crippen molar-refractivity contribution in [1.82, 2.24) is 0 Å². The van der Waals surface area contributed by atoms with Crippen molar-refractivity contribution in [3.63, 3.8) is 0 Å². The van der Waals surface area contributed by atoms with Gasteiger partial charge in [0.05, 0.1) is 17.4 Å². The molecule has 6 heteroatoms. The van der Waals surface area contributed by atoms with Gasteiger partial charge in [-0.1, -0.05) is 20.8 Å². The first-order valence-electron chi connectivity index (χ1n) is 3.82. The third kappa shape index (κ3) is 4.21. The molecule has 0 amide bonds. The summed E-state index contributed by atoms with van der Waals surface area (Å²) in [5.41, 5.74) is -1.85. The Kier molecular flexibility index (Phi) is 13.0. The molecular weight excluding hydrogens is 222 g/mol. The second-order valence-electron chi connectivity index (χ2n) is 3.05. The Morgan fingerprint density at radius 2 is 1.50 bits per heavy atom. The molecule has 70 valence electrons. The number of hydrogen-bond acceptors (Lipinski definition) is 4. The van der Waals surface area contributed by atoms with Crippen molar-refractivity contribution in [3.05, 3.63) is 0 Å². The first-order chi connectivity index (χ1) is 5.39. The van der Waals surface area contributed by atoms with Gasteiger partial charge in [0.1, 0.15) is 0 Å². The van der Waals surface area contributed by atoms with E-state index >= 15 is 0 Å². The number of carbonyl (C=O) groups excluding carboxylic acids is 2. The van der Waals surface area contributed by atoms with Crippen LogP contribution in [-0.2, 0) is 9.59 Å². The van der Waals surface area contributed by atoms with E-state index in [1.807, 2.05) is 0 Å². The first kappa shape index (κ1) is 20.9. The summed E-state index contributed by atoms with van der Waals surface area (Å²) in [6, 6.07) is 0. The van der Waals surface area contributed by atoms with Crippen molar-refractivity contribution in [2.24, 2.45) is 11.3 Å². The predicted octanol–water partition coefficient (Wildman–Crippen LogP) is -7.45. The zero-order chi connectivity index (χ0) is 9.94. The van der Waals surface area contributed by atoms with Gasteiger partial charge in [0.25, 0.3) is 0 Å². The van der Waals surface area contributed by atoms with E-state index in [0.717, 1.165) is 0 Å². The molecule has 0 aromatic carbocycles. The standard InChI is InChI=1S/C8H14O4.K.Na/c1-4-8(5(2)3,6(9)10)7(11)12;;/h5H,4H2,1-3H3,(H,9,10)(H,11,12);;/q;2*+1/p-2. The maximum atomic E-state index is 10.6. The number of aliphatic carboxylic acids is 2. The molecule has 0 radical (unpaired) electrons. The summed E-state index contributed by atoms with van der Waals surface area (Å²) in [6.07, 6.45) is -0.0185. The van der Waals surface area contributed by atoms with E-state index in [0.29, 0.717) is 0 Å². The molecule has 14 heavy (non-hydrogen) atoms. The number of carbonyl (C=O) groups is 2. The summed E-state index contributed by atoms with van der Waals surface area (Å²) in [5.74, 6) is -3.67. The van der Waals surface area contributed by atoms with E-state index in [9.17, 15) is 19.8 Å². The molecule has 0 unspecified atom stereocenters. The van der Waals surface area contributed by atoms with Crippen LogP contribution in [0.4, 0.5) is 0 Å². The van der Waals surface area contributed by atoms with E-state index in [-0.39, 0.29) is 87.4 Å². The van der Waals surface area contributed by atoms with Gasteiger partial charge in [-0.25, -0.2) is 0 Å². The minimum absolute atomic E-state index is 0. The minimum Gasteiger partial charge on any atom is -0.549 e. The Morgan fingerprint density at radius 1 is 1.21 bits per heavy atom. The quantitative estimate of drug-likeness (QED) is 0.357. The van der Waals surface area contributed by atoms with Crippen LogP contribution in [0.2, 0.25) is 0 Å². The number of hydrogen-bond donors (Lipinski definition) is 0. The predicted molar refractivity (Wildman–Crippen MR) is 37.6 cm³/mol. The molecule has 0 aliphatic rings. The van der Waals surface area contributed by atoms with E-state index in [4.69, 9.17) is 0 Å². The Morgan fingerprint density at radius 3 is 1.50 bits per heavy atom. The molecule has 0 aromatic rings. The molecule has 4 nitrogen and oxygen atoms in total. The van der Waals surface area contributed by atoms with Crippen LogP contribution < -0.4 is 91.2 Å². The molecule has 0 aliphatic carbocycles. The fourth-order valence-electron chi connectivity index (χ4n) is 1.25. The number of rotatable bonds is 4. The van der Waals surface area contributed by atoms with E-state index in [2.05, 4.69) is 0 Å². The van der Waals surface area contributed by atoms with Crippen molar-refractivity contribution in [2.75, 3.05) is 0 Å². The summed E-state index contributed by atoms with van der Waals surface area (Å²) in [5, 5.41) is 21.2. The van der Waals surface area contributed by atoms with E-state index < -0.39 is 23.3 Å². The van der Waals surface area contributed by atoms with Crippen LogP contribution in [0, 0.1) is 11.3 Å². The molecule has 0 spiro atoms. The largest absolute Gasteiger partial charge is 1.00 e. The van der Waals surface area contributed by atoms with Crippen molar-refractivity contribution in [3.8, 4) is 0 Å². The topological polar surface area (TPSA) is 80.3 Å². The van der Waals surface area contributed by atoms with Gasteiger partial charge < -0.3 is 19.8 Å². The van der Waals surface area contributed by atoms with Gasteiger partial charge in [0.15, 0.2) is 0 Å². The smallest absolute Gasteiger partial charge is 0.549 e. The zero-order valence-corrected chi connectivity index (χ0v) is 14.5. The molecular formula is C8H12KNaO4. The van der Waals surface area contributed by atoms with Gasteiger partial charge in [-0.05, 0) is 12.3 Å². The minimum atomic E-state index is -1.85. The van der Waals surface area contributed by atoms with E-state index in [1.54, 1.807) is 0 Å². The first-order valence-corrected chi connectivity index (χ1v) is 3.82. The molecule has 0 atom stereocenters. The van der Waals surface area contributed by atoms with Crippen LogP contribution in [0.15, 0.2) is 0 Å². The molecule has 0 saturated heterocycles. The average molecular weight is 234 g/mol. The normalized spacial score (nSPS) is 10.0. The van der Waals surface area contributed by atoms with Crippen molar-refractivity contribution >= 4 is 11.9 Å². The second-order valence-corrected chi connectivity index (χ2v) is 3.05. The summed E-state index contributed by atoms with van der Waals surface area (Å²) in [6.45, 7) is 4.54. The third-order valence-corrected chi connectivity index (χ3v) is 2.27.